The van der Waals surface area contributed by atoms with Crippen LogP contribution >= 0.6 is 0 Å². The molecule has 1 aliphatic heterocycles. The normalized spacial score (nSPS) is 17.5. The first-order valence-corrected chi connectivity index (χ1v) is 4.93. The Bertz CT molecular complexity index is 212. The molecular formula is C9H17N3O2. The third-order valence-electron chi connectivity index (χ3n) is 2.17. The summed E-state index contributed by atoms with van der Waals surface area (Å²) in [4.78, 5) is 21.8. The van der Waals surface area contributed by atoms with Crippen LogP contribution in [0.25, 0.3) is 0 Å². The highest BCUT2D eigenvalue weighted by atomic mass is 16.2. The molecule has 80 valence electrons. The van der Waals surface area contributed by atoms with Crippen molar-refractivity contribution in [3.63, 3.8) is 0 Å². The average molecular weight is 199 g/mol. The number of carbonyl (C=O) groups excluding carboxylic acids is 2. The fourth-order valence-electron chi connectivity index (χ4n) is 1.41. The number of ketones is 1. The monoisotopic (exact) mass is 199 g/mol. The van der Waals surface area contributed by atoms with Gasteiger partial charge in [0.2, 0.25) is 0 Å². The lowest BCUT2D eigenvalue weighted by molar-refractivity contribution is -0.116. The summed E-state index contributed by atoms with van der Waals surface area (Å²) in [7, 11) is 0. The fourth-order valence-corrected chi connectivity index (χ4v) is 1.41. The molecule has 0 atom stereocenters. The Kier molecular flexibility index (Phi) is 4.39. The van der Waals surface area contributed by atoms with E-state index in [-0.39, 0.29) is 24.4 Å². The van der Waals surface area contributed by atoms with E-state index in [1.807, 2.05) is 0 Å². The molecule has 0 radical (unpaired) electrons. The molecule has 14 heavy (non-hydrogen) atoms. The van der Waals surface area contributed by atoms with Gasteiger partial charge in [-0.05, 0) is 32.9 Å². The topological polar surface area (TPSA) is 70.2 Å². The first kappa shape index (κ1) is 11.0. The van der Waals surface area contributed by atoms with Gasteiger partial charge in [-0.25, -0.2) is 4.79 Å². The zero-order valence-corrected chi connectivity index (χ0v) is 8.43. The zero-order valence-electron chi connectivity index (χ0n) is 8.43. The summed E-state index contributed by atoms with van der Waals surface area (Å²) >= 11 is 0. The fraction of sp³-hybridized carbons (Fsp3) is 0.778. The molecule has 5 nitrogen and oxygen atoms in total. The molecule has 0 saturated carbocycles. The second-order valence-electron chi connectivity index (χ2n) is 3.55. The van der Waals surface area contributed by atoms with Crippen molar-refractivity contribution in [1.82, 2.24) is 16.0 Å². The van der Waals surface area contributed by atoms with Crippen LogP contribution in [-0.4, -0.2) is 37.5 Å². The Morgan fingerprint density at radius 3 is 2.57 bits per heavy atom. The zero-order chi connectivity index (χ0) is 10.4. The highest BCUT2D eigenvalue weighted by Gasteiger charge is 2.14. The van der Waals surface area contributed by atoms with Crippen LogP contribution in [0.3, 0.4) is 0 Å². The number of nitrogens with one attached hydrogen (secondary N) is 3. The molecule has 0 aliphatic carbocycles. The van der Waals surface area contributed by atoms with E-state index in [1.54, 1.807) is 0 Å². The quantitative estimate of drug-likeness (QED) is 0.580. The van der Waals surface area contributed by atoms with Crippen LogP contribution in [-0.2, 0) is 4.79 Å². The number of piperidine rings is 1. The van der Waals surface area contributed by atoms with Gasteiger partial charge in [0.05, 0.1) is 6.54 Å². The first-order valence-electron chi connectivity index (χ1n) is 4.93. The van der Waals surface area contributed by atoms with Gasteiger partial charge in [-0.1, -0.05) is 0 Å². The van der Waals surface area contributed by atoms with E-state index in [0.717, 1.165) is 25.9 Å². The maximum absolute atomic E-state index is 11.2. The van der Waals surface area contributed by atoms with Crippen LogP contribution in [0, 0.1) is 0 Å². The molecule has 0 bridgehead atoms. The second kappa shape index (κ2) is 5.59. The molecule has 1 aliphatic rings. The summed E-state index contributed by atoms with van der Waals surface area (Å²) in [5, 5.41) is 8.55. The van der Waals surface area contributed by atoms with Gasteiger partial charge in [0.15, 0.2) is 0 Å². The van der Waals surface area contributed by atoms with Crippen LogP contribution in [0.1, 0.15) is 19.8 Å². The van der Waals surface area contributed by atoms with Gasteiger partial charge in [-0.2, -0.15) is 0 Å². The van der Waals surface area contributed by atoms with Gasteiger partial charge in [0, 0.05) is 6.04 Å². The molecule has 1 rings (SSSR count). The molecule has 2 amide bonds. The molecule has 0 aromatic rings. The Morgan fingerprint density at radius 1 is 1.36 bits per heavy atom. The molecule has 1 fully saturated rings. The predicted octanol–water partition coefficient (Wildman–Crippen LogP) is -0.373. The highest BCUT2D eigenvalue weighted by molar-refractivity contribution is 5.83. The van der Waals surface area contributed by atoms with Crippen LogP contribution in [0.5, 0.6) is 0 Å². The minimum Gasteiger partial charge on any atom is -0.335 e. The largest absolute Gasteiger partial charge is 0.335 e. The molecule has 1 saturated heterocycles. The molecule has 1 heterocycles. The van der Waals surface area contributed by atoms with E-state index < -0.39 is 0 Å². The maximum Gasteiger partial charge on any atom is 0.315 e. The van der Waals surface area contributed by atoms with E-state index in [9.17, 15) is 9.59 Å². The van der Waals surface area contributed by atoms with E-state index >= 15 is 0 Å². The first-order chi connectivity index (χ1) is 6.68. The van der Waals surface area contributed by atoms with Gasteiger partial charge in [0.1, 0.15) is 5.78 Å². The number of urea groups is 1. The third kappa shape index (κ3) is 4.23. The lowest BCUT2D eigenvalue weighted by atomic mass is 10.1. The number of hydrogen-bond donors (Lipinski definition) is 3. The summed E-state index contributed by atoms with van der Waals surface area (Å²) in [5.74, 6) is -0.0366. The molecule has 0 spiro atoms. The second-order valence-corrected chi connectivity index (χ2v) is 3.55. The smallest absolute Gasteiger partial charge is 0.315 e. The molecule has 0 aromatic heterocycles. The van der Waals surface area contributed by atoms with Crippen LogP contribution in [0.15, 0.2) is 0 Å². The minimum absolute atomic E-state index is 0.0366. The molecule has 5 heteroatoms. The minimum atomic E-state index is -0.243. The summed E-state index contributed by atoms with van der Waals surface area (Å²) < 4.78 is 0. The Hall–Kier alpha value is -1.10. The van der Waals surface area contributed by atoms with Crippen molar-refractivity contribution in [3.8, 4) is 0 Å². The summed E-state index contributed by atoms with van der Waals surface area (Å²) in [6, 6.07) is -0.00434. The van der Waals surface area contributed by atoms with Gasteiger partial charge < -0.3 is 16.0 Å². The van der Waals surface area contributed by atoms with Crippen molar-refractivity contribution in [1.29, 1.82) is 0 Å². The van der Waals surface area contributed by atoms with Crippen molar-refractivity contribution >= 4 is 11.8 Å². The van der Waals surface area contributed by atoms with Crippen LogP contribution in [0.4, 0.5) is 4.79 Å². The highest BCUT2D eigenvalue weighted by Crippen LogP contribution is 2.00. The predicted molar refractivity (Wildman–Crippen MR) is 53.1 cm³/mol. The number of carbonyl (C=O) groups is 2. The maximum atomic E-state index is 11.2. The van der Waals surface area contributed by atoms with Crippen LogP contribution in [0.2, 0.25) is 0 Å². The van der Waals surface area contributed by atoms with Crippen molar-refractivity contribution in [2.45, 2.75) is 25.8 Å². The average Bonchev–Trinajstić information content (AvgIpc) is 2.16. The van der Waals surface area contributed by atoms with Crippen LogP contribution < -0.4 is 16.0 Å². The molecular weight excluding hydrogens is 182 g/mol. The standard InChI is InChI=1S/C9H17N3O2/c1-7(13)6-11-9(14)12-8-2-4-10-5-3-8/h8,10H,2-6H2,1H3,(H2,11,12,14). The van der Waals surface area contributed by atoms with Crippen molar-refractivity contribution in [3.05, 3.63) is 0 Å². The van der Waals surface area contributed by atoms with Gasteiger partial charge in [-0.15, -0.1) is 0 Å². The summed E-state index contributed by atoms with van der Waals surface area (Å²) in [5.41, 5.74) is 0. The number of amides is 2. The Balaban J connectivity index is 2.15. The number of hydrogen-bond acceptors (Lipinski definition) is 3. The van der Waals surface area contributed by atoms with Gasteiger partial charge >= 0.3 is 6.03 Å². The Morgan fingerprint density at radius 2 is 2.00 bits per heavy atom. The van der Waals surface area contributed by atoms with E-state index in [0.29, 0.717) is 0 Å². The van der Waals surface area contributed by atoms with E-state index in [1.165, 1.54) is 6.92 Å². The lowest BCUT2D eigenvalue weighted by Crippen LogP contribution is -2.47. The van der Waals surface area contributed by atoms with E-state index in [4.69, 9.17) is 0 Å². The van der Waals surface area contributed by atoms with Gasteiger partial charge in [-0.3, -0.25) is 4.79 Å². The third-order valence-corrected chi connectivity index (χ3v) is 2.17. The van der Waals surface area contributed by atoms with Gasteiger partial charge in [0.25, 0.3) is 0 Å². The summed E-state index contributed by atoms with van der Waals surface area (Å²) in [6.07, 6.45) is 1.90. The van der Waals surface area contributed by atoms with Crippen molar-refractivity contribution < 1.29 is 9.59 Å². The molecule has 0 unspecified atom stereocenters. The van der Waals surface area contributed by atoms with Crippen molar-refractivity contribution in [2.75, 3.05) is 19.6 Å². The number of Topliss-reactive ketones (excluding diaryl/α,β-unsaturated/α-hetero) is 1. The summed E-state index contributed by atoms with van der Waals surface area (Å²) in [6.45, 7) is 3.44. The van der Waals surface area contributed by atoms with E-state index in [2.05, 4.69) is 16.0 Å². The number of rotatable bonds is 3. The lowest BCUT2D eigenvalue weighted by Gasteiger charge is -2.23. The molecule has 3 N–H and O–H groups in total. The Labute approximate surface area is 83.6 Å². The SMILES string of the molecule is CC(=O)CNC(=O)NC1CCNCC1. The van der Waals surface area contributed by atoms with Crippen molar-refractivity contribution in [2.24, 2.45) is 0 Å². The molecule has 0 aromatic carbocycles.